The second-order valence-electron chi connectivity index (χ2n) is 8.14. The number of nitrogens with zero attached hydrogens (tertiary/aromatic N) is 3. The zero-order valence-electron chi connectivity index (χ0n) is 17.7. The minimum atomic E-state index is -3.78. The number of benzene rings is 2. The number of sulfonamides is 1. The maximum atomic E-state index is 13.2. The second kappa shape index (κ2) is 9.38. The Morgan fingerprint density at radius 3 is 2.12 bits per heavy atom. The molecule has 1 atom stereocenters. The number of carbonyl (C=O) groups excluding carboxylic acids is 2. The van der Waals surface area contributed by atoms with E-state index in [0.29, 0.717) is 51.1 Å². The van der Waals surface area contributed by atoms with Crippen molar-refractivity contribution >= 4 is 21.8 Å². The van der Waals surface area contributed by atoms with Gasteiger partial charge in [-0.25, -0.2) is 12.8 Å². The van der Waals surface area contributed by atoms with Crippen molar-refractivity contribution in [2.24, 2.45) is 5.92 Å². The lowest BCUT2D eigenvalue weighted by Crippen LogP contribution is -2.54. The van der Waals surface area contributed by atoms with Gasteiger partial charge in [0, 0.05) is 44.8 Å². The fraction of sp³-hybridized carbons (Fsp3) is 0.391. The molecule has 4 rings (SSSR count). The van der Waals surface area contributed by atoms with Gasteiger partial charge in [0.2, 0.25) is 15.9 Å². The van der Waals surface area contributed by atoms with Crippen LogP contribution < -0.4 is 0 Å². The van der Waals surface area contributed by atoms with Crippen LogP contribution in [0.4, 0.5) is 4.39 Å². The fourth-order valence-electron chi connectivity index (χ4n) is 4.27. The van der Waals surface area contributed by atoms with Crippen LogP contribution >= 0.6 is 0 Å². The van der Waals surface area contributed by atoms with Gasteiger partial charge in [0.25, 0.3) is 5.91 Å². The summed E-state index contributed by atoms with van der Waals surface area (Å²) in [7, 11) is -3.78. The molecule has 2 aromatic rings. The molecule has 2 aliphatic heterocycles. The summed E-state index contributed by atoms with van der Waals surface area (Å²) in [6.07, 6.45) is 1.21. The Balaban J connectivity index is 1.37. The van der Waals surface area contributed by atoms with Gasteiger partial charge >= 0.3 is 0 Å². The number of amides is 2. The molecule has 2 aromatic carbocycles. The summed E-state index contributed by atoms with van der Waals surface area (Å²) >= 11 is 0. The minimum Gasteiger partial charge on any atom is -0.339 e. The van der Waals surface area contributed by atoms with Gasteiger partial charge in [-0.1, -0.05) is 18.2 Å². The average Bonchev–Trinajstić information content (AvgIpc) is 2.84. The van der Waals surface area contributed by atoms with E-state index in [4.69, 9.17) is 0 Å². The van der Waals surface area contributed by atoms with Gasteiger partial charge in [0.1, 0.15) is 5.82 Å². The van der Waals surface area contributed by atoms with Crippen molar-refractivity contribution in [2.45, 2.75) is 17.7 Å². The highest BCUT2D eigenvalue weighted by Crippen LogP contribution is 2.25. The van der Waals surface area contributed by atoms with E-state index in [1.54, 1.807) is 21.9 Å². The molecule has 0 radical (unpaired) electrons. The smallest absolute Gasteiger partial charge is 0.253 e. The molecular formula is C23H26FN3O4S. The number of hydrogen-bond donors (Lipinski definition) is 0. The third kappa shape index (κ3) is 4.68. The summed E-state index contributed by atoms with van der Waals surface area (Å²) in [6, 6.07) is 13.8. The molecule has 7 nitrogen and oxygen atoms in total. The Labute approximate surface area is 187 Å². The van der Waals surface area contributed by atoms with Gasteiger partial charge in [0.15, 0.2) is 0 Å². The standard InChI is InChI=1S/C23H26FN3O4S/c24-20-8-10-21(11-9-20)32(30,31)27-12-4-7-19(17-27)23(29)26-15-13-25(14-16-26)22(28)18-5-2-1-3-6-18/h1-3,5-6,8-11,19H,4,7,12-17H2. The van der Waals surface area contributed by atoms with Gasteiger partial charge < -0.3 is 9.80 Å². The molecule has 170 valence electrons. The van der Waals surface area contributed by atoms with Gasteiger partial charge in [-0.2, -0.15) is 4.31 Å². The van der Waals surface area contributed by atoms with Gasteiger partial charge in [-0.15, -0.1) is 0 Å². The zero-order chi connectivity index (χ0) is 22.7. The number of carbonyl (C=O) groups is 2. The number of hydrogen-bond acceptors (Lipinski definition) is 4. The van der Waals surface area contributed by atoms with Crippen molar-refractivity contribution in [1.82, 2.24) is 14.1 Å². The lowest BCUT2D eigenvalue weighted by atomic mass is 9.97. The quantitative estimate of drug-likeness (QED) is 0.703. The van der Waals surface area contributed by atoms with Crippen LogP contribution in [0.5, 0.6) is 0 Å². The highest BCUT2D eigenvalue weighted by Gasteiger charge is 2.36. The molecule has 32 heavy (non-hydrogen) atoms. The zero-order valence-corrected chi connectivity index (χ0v) is 18.5. The molecule has 0 bridgehead atoms. The molecule has 1 unspecified atom stereocenters. The van der Waals surface area contributed by atoms with Gasteiger partial charge in [-0.05, 0) is 49.2 Å². The first-order chi connectivity index (χ1) is 15.4. The summed E-state index contributed by atoms with van der Waals surface area (Å²) in [6.45, 7) is 2.20. The predicted octanol–water partition coefficient (Wildman–Crippen LogP) is 2.21. The Morgan fingerprint density at radius 2 is 1.47 bits per heavy atom. The third-order valence-corrected chi connectivity index (χ3v) is 7.96. The maximum Gasteiger partial charge on any atom is 0.253 e. The molecule has 0 aromatic heterocycles. The highest BCUT2D eigenvalue weighted by molar-refractivity contribution is 7.89. The summed E-state index contributed by atoms with van der Waals surface area (Å²) in [5, 5.41) is 0. The molecule has 9 heteroatoms. The molecule has 2 amide bonds. The van der Waals surface area contributed by atoms with Crippen LogP contribution in [0.1, 0.15) is 23.2 Å². The number of piperidine rings is 1. The first kappa shape index (κ1) is 22.4. The normalized spacial score (nSPS) is 20.2. The minimum absolute atomic E-state index is 0.0278. The first-order valence-corrected chi connectivity index (χ1v) is 12.2. The van der Waals surface area contributed by atoms with Crippen LogP contribution in [0.15, 0.2) is 59.5 Å². The van der Waals surface area contributed by atoms with E-state index in [1.165, 1.54) is 16.4 Å². The molecule has 2 heterocycles. The predicted molar refractivity (Wildman–Crippen MR) is 117 cm³/mol. The van der Waals surface area contributed by atoms with Crippen molar-refractivity contribution in [1.29, 1.82) is 0 Å². The first-order valence-electron chi connectivity index (χ1n) is 10.7. The second-order valence-corrected chi connectivity index (χ2v) is 10.1. The van der Waals surface area contributed by atoms with Crippen LogP contribution in [0.2, 0.25) is 0 Å². The Hall–Kier alpha value is -2.78. The summed E-state index contributed by atoms with van der Waals surface area (Å²) in [5.74, 6) is -1.04. The van der Waals surface area contributed by atoms with E-state index in [1.807, 2.05) is 18.2 Å². The van der Waals surface area contributed by atoms with Crippen molar-refractivity contribution in [2.75, 3.05) is 39.3 Å². The van der Waals surface area contributed by atoms with E-state index < -0.39 is 21.8 Å². The number of rotatable bonds is 4. The van der Waals surface area contributed by atoms with Crippen molar-refractivity contribution in [3.8, 4) is 0 Å². The van der Waals surface area contributed by atoms with Crippen molar-refractivity contribution < 1.29 is 22.4 Å². The number of piperazine rings is 1. The summed E-state index contributed by atoms with van der Waals surface area (Å²) in [5.41, 5.74) is 0.626. The SMILES string of the molecule is O=C(c1ccccc1)N1CCN(C(=O)C2CCCN(S(=O)(=O)c3ccc(F)cc3)C2)CC1. The molecule has 0 aliphatic carbocycles. The molecule has 2 aliphatic rings. The van der Waals surface area contributed by atoms with Crippen molar-refractivity contribution in [3.05, 3.63) is 66.0 Å². The monoisotopic (exact) mass is 459 g/mol. The number of halogens is 1. The van der Waals surface area contributed by atoms with Crippen LogP contribution in [0.3, 0.4) is 0 Å². The van der Waals surface area contributed by atoms with E-state index in [0.717, 1.165) is 12.1 Å². The van der Waals surface area contributed by atoms with E-state index in [2.05, 4.69) is 0 Å². The lowest BCUT2D eigenvalue weighted by molar-refractivity contribution is -0.138. The molecule has 2 fully saturated rings. The fourth-order valence-corrected chi connectivity index (χ4v) is 5.79. The van der Waals surface area contributed by atoms with Gasteiger partial charge in [-0.3, -0.25) is 9.59 Å². The van der Waals surface area contributed by atoms with Crippen LogP contribution in [-0.2, 0) is 14.8 Å². The van der Waals surface area contributed by atoms with Crippen LogP contribution in [-0.4, -0.2) is 73.6 Å². The summed E-state index contributed by atoms with van der Waals surface area (Å²) in [4.78, 5) is 29.2. The summed E-state index contributed by atoms with van der Waals surface area (Å²) < 4.78 is 40.4. The molecule has 0 N–H and O–H groups in total. The largest absolute Gasteiger partial charge is 0.339 e. The molecule has 2 saturated heterocycles. The van der Waals surface area contributed by atoms with E-state index >= 15 is 0 Å². The van der Waals surface area contributed by atoms with Crippen LogP contribution in [0.25, 0.3) is 0 Å². The Kier molecular flexibility index (Phi) is 6.57. The van der Waals surface area contributed by atoms with Crippen LogP contribution in [0, 0.1) is 11.7 Å². The average molecular weight is 460 g/mol. The van der Waals surface area contributed by atoms with Gasteiger partial charge in [0.05, 0.1) is 10.8 Å². The maximum absolute atomic E-state index is 13.2. The highest BCUT2D eigenvalue weighted by atomic mass is 32.2. The molecule has 0 saturated carbocycles. The van der Waals surface area contributed by atoms with E-state index in [-0.39, 0.29) is 23.3 Å². The molecular weight excluding hydrogens is 433 g/mol. The molecule has 0 spiro atoms. The topological polar surface area (TPSA) is 78.0 Å². The Bertz CT molecular complexity index is 1070. The lowest BCUT2D eigenvalue weighted by Gasteiger charge is -2.38. The Morgan fingerprint density at radius 1 is 0.844 bits per heavy atom. The van der Waals surface area contributed by atoms with E-state index in [9.17, 15) is 22.4 Å². The van der Waals surface area contributed by atoms with Crippen molar-refractivity contribution in [3.63, 3.8) is 0 Å². The third-order valence-electron chi connectivity index (χ3n) is 6.08.